The number of fused-ring (bicyclic) bond motifs is 1. The summed E-state index contributed by atoms with van der Waals surface area (Å²) < 4.78 is 10.8. The number of aryl methyl sites for hydroxylation is 1. The minimum Gasteiger partial charge on any atom is -0.454 e. The van der Waals surface area contributed by atoms with Gasteiger partial charge in [0.2, 0.25) is 12.7 Å². The number of nitrogens with zero attached hydrogens (tertiary/aromatic N) is 1. The van der Waals surface area contributed by atoms with Gasteiger partial charge in [-0.1, -0.05) is 12.1 Å². The molecular formula is C23H20N2O3S. The predicted molar refractivity (Wildman–Crippen MR) is 113 cm³/mol. The van der Waals surface area contributed by atoms with Gasteiger partial charge in [0, 0.05) is 12.7 Å². The van der Waals surface area contributed by atoms with Crippen molar-refractivity contribution in [2.45, 2.75) is 25.2 Å². The largest absolute Gasteiger partial charge is 0.454 e. The van der Waals surface area contributed by atoms with E-state index in [4.69, 9.17) is 9.47 Å². The lowest BCUT2D eigenvalue weighted by molar-refractivity contribution is -0.118. The predicted octanol–water partition coefficient (Wildman–Crippen LogP) is 5.24. The molecule has 5 rings (SSSR count). The number of ether oxygens (including phenoxy) is 2. The normalized spacial score (nSPS) is 15.6. The average Bonchev–Trinajstić information content (AvgIpc) is 3.19. The Bertz CT molecular complexity index is 1180. The van der Waals surface area contributed by atoms with E-state index < -0.39 is 5.41 Å². The summed E-state index contributed by atoms with van der Waals surface area (Å²) in [6.45, 7) is 2.23. The first kappa shape index (κ1) is 17.8. The average molecular weight is 404 g/mol. The van der Waals surface area contributed by atoms with Crippen LogP contribution >= 0.6 is 11.3 Å². The molecular weight excluding hydrogens is 384 g/mol. The van der Waals surface area contributed by atoms with Gasteiger partial charge in [0.25, 0.3) is 0 Å². The monoisotopic (exact) mass is 404 g/mol. The van der Waals surface area contributed by atoms with E-state index in [-0.39, 0.29) is 14.1 Å². The number of nitriles is 1. The van der Waals surface area contributed by atoms with Crippen LogP contribution in [0.3, 0.4) is 0 Å². The Hall–Kier alpha value is -3.30. The van der Waals surface area contributed by atoms with Gasteiger partial charge >= 0.3 is 0 Å². The van der Waals surface area contributed by atoms with Crippen molar-refractivity contribution < 1.29 is 15.7 Å². The third kappa shape index (κ3) is 2.95. The van der Waals surface area contributed by atoms with Crippen molar-refractivity contribution in [3.63, 3.8) is 0 Å². The summed E-state index contributed by atoms with van der Waals surface area (Å²) >= 11 is 1.42. The molecule has 1 aromatic heterocycles. The molecule has 1 aliphatic heterocycles. The quantitative estimate of drug-likeness (QED) is 0.645. The lowest BCUT2D eigenvalue weighted by atomic mass is 9.94. The van der Waals surface area contributed by atoms with Crippen molar-refractivity contribution in [1.29, 1.82) is 5.26 Å². The number of benzene rings is 2. The van der Waals surface area contributed by atoms with E-state index in [0.29, 0.717) is 10.6 Å². The first-order valence-electron chi connectivity index (χ1n) is 9.41. The minimum absolute atomic E-state index is 0. The van der Waals surface area contributed by atoms with E-state index in [2.05, 4.69) is 11.4 Å². The van der Waals surface area contributed by atoms with E-state index in [9.17, 15) is 10.1 Å². The van der Waals surface area contributed by atoms with E-state index >= 15 is 0 Å². The van der Waals surface area contributed by atoms with Gasteiger partial charge in [-0.3, -0.25) is 4.79 Å². The molecule has 0 bridgehead atoms. The zero-order chi connectivity index (χ0) is 20.0. The summed E-state index contributed by atoms with van der Waals surface area (Å²) in [5, 5.41) is 14.4. The molecule has 1 N–H and O–H groups in total. The van der Waals surface area contributed by atoms with Crippen LogP contribution in [-0.4, -0.2) is 12.7 Å². The van der Waals surface area contributed by atoms with E-state index in [1.165, 1.54) is 11.3 Å². The van der Waals surface area contributed by atoms with Gasteiger partial charge < -0.3 is 14.8 Å². The number of carbonyl (C=O) groups excluding carboxylic acids is 1. The van der Waals surface area contributed by atoms with Crippen LogP contribution in [-0.2, 0) is 10.2 Å². The lowest BCUT2D eigenvalue weighted by Crippen LogP contribution is -2.27. The Morgan fingerprint density at radius 1 is 1.14 bits per heavy atom. The fraction of sp³-hybridized carbons (Fsp3) is 0.217. The molecule has 0 atom stereocenters. The summed E-state index contributed by atoms with van der Waals surface area (Å²) in [5.41, 5.74) is 4.10. The van der Waals surface area contributed by atoms with E-state index in [1.54, 1.807) is 0 Å². The summed E-state index contributed by atoms with van der Waals surface area (Å²) in [5.74, 6) is 1.40. The number of rotatable bonds is 4. The number of thiophene rings is 1. The Balaban J connectivity index is 0.00000218. The maximum Gasteiger partial charge on any atom is 0.235 e. The zero-order valence-corrected chi connectivity index (χ0v) is 16.6. The number of carbonyl (C=O) groups is 1. The van der Waals surface area contributed by atoms with Gasteiger partial charge in [-0.2, -0.15) is 5.26 Å². The van der Waals surface area contributed by atoms with Crippen molar-refractivity contribution in [3.05, 3.63) is 63.8 Å². The number of nitrogens with one attached hydrogen (secondary N) is 1. The van der Waals surface area contributed by atoms with Gasteiger partial charge in [-0.25, -0.2) is 0 Å². The molecule has 6 heteroatoms. The SMILES string of the molecule is Cc1ccc(NC(=O)C2(c3ccc4c(c3)OCO4)CC2)cc1-c1ccsc1C#N.[HH]. The highest BCUT2D eigenvalue weighted by Crippen LogP contribution is 2.51. The first-order chi connectivity index (χ1) is 14.1. The Labute approximate surface area is 174 Å². The summed E-state index contributed by atoms with van der Waals surface area (Å²) in [4.78, 5) is 13.8. The van der Waals surface area contributed by atoms with Crippen LogP contribution in [0.25, 0.3) is 11.1 Å². The Kier molecular flexibility index (Phi) is 4.07. The highest BCUT2D eigenvalue weighted by atomic mass is 32.1. The van der Waals surface area contributed by atoms with Crippen molar-refractivity contribution in [2.24, 2.45) is 0 Å². The maximum atomic E-state index is 13.2. The van der Waals surface area contributed by atoms with Gasteiger partial charge in [-0.05, 0) is 72.2 Å². The van der Waals surface area contributed by atoms with Crippen LogP contribution in [0.4, 0.5) is 5.69 Å². The zero-order valence-electron chi connectivity index (χ0n) is 15.8. The Morgan fingerprint density at radius 2 is 1.97 bits per heavy atom. The molecule has 29 heavy (non-hydrogen) atoms. The maximum absolute atomic E-state index is 13.2. The van der Waals surface area contributed by atoms with E-state index in [0.717, 1.165) is 46.5 Å². The molecule has 5 nitrogen and oxygen atoms in total. The number of anilines is 1. The van der Waals surface area contributed by atoms with Crippen LogP contribution in [0, 0.1) is 18.3 Å². The van der Waals surface area contributed by atoms with Crippen molar-refractivity contribution in [2.75, 3.05) is 12.1 Å². The molecule has 2 aromatic carbocycles. The van der Waals surface area contributed by atoms with Gasteiger partial charge in [-0.15, -0.1) is 11.3 Å². The molecule has 0 saturated heterocycles. The Morgan fingerprint density at radius 3 is 2.76 bits per heavy atom. The molecule has 1 aliphatic carbocycles. The second-order valence-corrected chi connectivity index (χ2v) is 8.33. The highest BCUT2D eigenvalue weighted by Gasteiger charge is 2.51. The minimum atomic E-state index is -0.522. The molecule has 1 fully saturated rings. The van der Waals surface area contributed by atoms with Crippen LogP contribution in [0.15, 0.2) is 47.8 Å². The fourth-order valence-electron chi connectivity index (χ4n) is 3.81. The van der Waals surface area contributed by atoms with Gasteiger partial charge in [0.05, 0.1) is 5.41 Å². The van der Waals surface area contributed by atoms with Crippen LogP contribution in [0.5, 0.6) is 11.5 Å². The third-order valence-electron chi connectivity index (χ3n) is 5.66. The molecule has 0 unspecified atom stereocenters. The molecule has 146 valence electrons. The fourth-order valence-corrected chi connectivity index (χ4v) is 4.51. The van der Waals surface area contributed by atoms with E-state index in [1.807, 2.05) is 54.8 Å². The van der Waals surface area contributed by atoms with Crippen molar-refractivity contribution >= 4 is 22.9 Å². The summed E-state index contributed by atoms with van der Waals surface area (Å²) in [6, 6.07) is 15.8. The lowest BCUT2D eigenvalue weighted by Gasteiger charge is -2.17. The van der Waals surface area contributed by atoms with Crippen LogP contribution < -0.4 is 14.8 Å². The summed E-state index contributed by atoms with van der Waals surface area (Å²) in [7, 11) is 0. The molecule has 0 radical (unpaired) electrons. The highest BCUT2D eigenvalue weighted by molar-refractivity contribution is 7.11. The van der Waals surface area contributed by atoms with Crippen molar-refractivity contribution in [3.8, 4) is 28.7 Å². The molecule has 0 spiro atoms. The summed E-state index contributed by atoms with van der Waals surface area (Å²) in [6.07, 6.45) is 1.61. The second kappa shape index (κ2) is 6.64. The van der Waals surface area contributed by atoms with Gasteiger partial charge in [0.15, 0.2) is 11.5 Å². The molecule has 2 heterocycles. The van der Waals surface area contributed by atoms with Crippen LogP contribution in [0.2, 0.25) is 0 Å². The number of amides is 1. The second-order valence-electron chi connectivity index (χ2n) is 7.41. The van der Waals surface area contributed by atoms with Gasteiger partial charge in [0.1, 0.15) is 10.9 Å². The molecule has 1 amide bonds. The number of hydrogen-bond donors (Lipinski definition) is 1. The number of hydrogen-bond acceptors (Lipinski definition) is 5. The van der Waals surface area contributed by atoms with Crippen molar-refractivity contribution in [1.82, 2.24) is 0 Å². The smallest absolute Gasteiger partial charge is 0.235 e. The molecule has 1 saturated carbocycles. The first-order valence-corrected chi connectivity index (χ1v) is 10.3. The molecule has 2 aliphatic rings. The molecule has 3 aromatic rings. The van der Waals surface area contributed by atoms with Crippen LogP contribution in [0.1, 0.15) is 30.3 Å². The third-order valence-corrected chi connectivity index (χ3v) is 6.48. The topological polar surface area (TPSA) is 71.3 Å². The standard InChI is InChI=1S/C23H18N2O3S.H2/c1-14-2-4-16(11-18(14)17-6-9-29-21(17)12-24)25-22(26)23(7-8-23)15-3-5-19-20(10-15)28-13-27-19;/h2-6,9-11H,7-8,13H2,1H3,(H,25,26);1H.